The van der Waals surface area contributed by atoms with Crippen molar-refractivity contribution in [1.82, 2.24) is 0 Å². The summed E-state index contributed by atoms with van der Waals surface area (Å²) in [7, 11) is 0.431. The molecule has 0 radical (unpaired) electrons. The van der Waals surface area contributed by atoms with E-state index in [0.29, 0.717) is 7.69 Å². The Hall–Kier alpha value is -1.84. The zero-order valence-electron chi connectivity index (χ0n) is 14.3. The van der Waals surface area contributed by atoms with E-state index in [4.69, 9.17) is 9.31 Å². The molecule has 1 fully saturated rings. The summed E-state index contributed by atoms with van der Waals surface area (Å²) in [6, 6.07) is 21.4. The van der Waals surface area contributed by atoms with E-state index >= 15 is 0 Å². The molecule has 0 unspecified atom stereocenters. The molecule has 118 valence electrons. The number of fused-ring (bicyclic) bond motifs is 2. The average Bonchev–Trinajstić information content (AvgIpc) is 2.77. The summed E-state index contributed by atoms with van der Waals surface area (Å²) >= 11 is 0. The summed E-state index contributed by atoms with van der Waals surface area (Å²) in [5, 5.41) is 5.25. The van der Waals surface area contributed by atoms with Gasteiger partial charge in [-0.3, -0.25) is 0 Å². The molecule has 0 spiro atoms. The van der Waals surface area contributed by atoms with E-state index in [2.05, 4.69) is 60.7 Å². The van der Waals surface area contributed by atoms with E-state index in [1.165, 1.54) is 21.5 Å². The van der Waals surface area contributed by atoms with Crippen molar-refractivity contribution in [3.63, 3.8) is 0 Å². The maximum Gasteiger partial charge on any atom is 0.439 e. The van der Waals surface area contributed by atoms with Gasteiger partial charge in [0, 0.05) is 0 Å². The monoisotopic (exact) mass is 306 g/mol. The minimum atomic E-state index is -0.132. The van der Waals surface area contributed by atoms with Gasteiger partial charge >= 0.3 is 7.69 Å². The number of benzene rings is 3. The van der Waals surface area contributed by atoms with Crippen LogP contribution in [0.1, 0.15) is 27.7 Å². The normalized spacial score (nSPS) is 18.3. The van der Waals surface area contributed by atoms with Crippen molar-refractivity contribution in [1.29, 1.82) is 0 Å². The molecule has 0 aromatic heterocycles. The van der Waals surface area contributed by atoms with Crippen LogP contribution in [0.25, 0.3) is 21.5 Å². The molecular weight excluding hydrogens is 283 g/mol. The Bertz CT molecular complexity index is 705. The number of hydrogen-bond acceptors (Lipinski definition) is 2. The number of hydrogen-bond donors (Lipinski definition) is 0. The molecule has 0 amide bonds. The van der Waals surface area contributed by atoms with E-state index in [9.17, 15) is 0 Å². The molecule has 3 aromatic carbocycles. The van der Waals surface area contributed by atoms with Gasteiger partial charge in [0.1, 0.15) is 0 Å². The third-order valence-electron chi connectivity index (χ3n) is 4.90. The van der Waals surface area contributed by atoms with Gasteiger partial charge in [-0.2, -0.15) is 0 Å². The molecule has 1 aliphatic rings. The largest absolute Gasteiger partial charge is 0.439 e. The second-order valence-corrected chi connectivity index (χ2v) is 6.97. The predicted octanol–water partition coefficient (Wildman–Crippen LogP) is 4.85. The van der Waals surface area contributed by atoms with Gasteiger partial charge in [0.05, 0.1) is 11.2 Å². The van der Waals surface area contributed by atoms with Gasteiger partial charge in [0.2, 0.25) is 0 Å². The lowest BCUT2D eigenvalue weighted by Crippen LogP contribution is -2.41. The molecule has 23 heavy (non-hydrogen) atoms. The first-order chi connectivity index (χ1) is 10.9. The Kier molecular flexibility index (Phi) is 4.18. The smallest absolute Gasteiger partial charge is 0.406 e. The first-order valence-corrected chi connectivity index (χ1v) is 8.04. The third kappa shape index (κ3) is 3.26. The summed E-state index contributed by atoms with van der Waals surface area (Å²) in [6.45, 7) is 8.17. The Labute approximate surface area is 138 Å². The Balaban J connectivity index is 0.000000151. The van der Waals surface area contributed by atoms with E-state index < -0.39 is 0 Å². The van der Waals surface area contributed by atoms with Gasteiger partial charge in [-0.1, -0.05) is 48.5 Å². The summed E-state index contributed by atoms with van der Waals surface area (Å²) in [4.78, 5) is 0. The van der Waals surface area contributed by atoms with Gasteiger partial charge < -0.3 is 9.31 Å². The van der Waals surface area contributed by atoms with Crippen LogP contribution in [0.3, 0.4) is 0 Å². The SMILES string of the molecule is CC1(C)OBOC1(C)C.c1ccc2cc3ccccc3cc2c1. The standard InChI is InChI=1S/C14H10.C6H13BO2/c1-2-6-12-10-14-8-4-3-7-13(14)9-11(12)5-1;1-5(2)6(3,4)9-7-8-5/h1-10H;7H,1-4H3. The summed E-state index contributed by atoms with van der Waals surface area (Å²) in [5.41, 5.74) is -0.264. The fourth-order valence-corrected chi connectivity index (χ4v) is 2.55. The van der Waals surface area contributed by atoms with Gasteiger partial charge in [0.25, 0.3) is 0 Å². The molecule has 1 saturated heterocycles. The summed E-state index contributed by atoms with van der Waals surface area (Å²) in [6.07, 6.45) is 0. The molecule has 0 N–H and O–H groups in total. The highest BCUT2D eigenvalue weighted by Crippen LogP contribution is 2.33. The van der Waals surface area contributed by atoms with Crippen molar-refractivity contribution < 1.29 is 9.31 Å². The maximum absolute atomic E-state index is 5.33. The quantitative estimate of drug-likeness (QED) is 0.436. The van der Waals surface area contributed by atoms with Gasteiger partial charge in [-0.05, 0) is 61.4 Å². The van der Waals surface area contributed by atoms with Gasteiger partial charge in [-0.25, -0.2) is 0 Å². The molecule has 1 heterocycles. The fraction of sp³-hybridized carbons (Fsp3) is 0.300. The lowest BCUT2D eigenvalue weighted by molar-refractivity contribution is 0.00578. The predicted molar refractivity (Wildman–Crippen MR) is 98.9 cm³/mol. The van der Waals surface area contributed by atoms with Crippen molar-refractivity contribution in [2.24, 2.45) is 0 Å². The van der Waals surface area contributed by atoms with Crippen LogP contribution in [0, 0.1) is 0 Å². The van der Waals surface area contributed by atoms with Crippen molar-refractivity contribution in [2.75, 3.05) is 0 Å². The Morgan fingerprint density at radius 2 is 0.913 bits per heavy atom. The highest BCUT2D eigenvalue weighted by molar-refractivity contribution is 6.19. The molecule has 0 atom stereocenters. The van der Waals surface area contributed by atoms with E-state index in [0.717, 1.165) is 0 Å². The van der Waals surface area contributed by atoms with Crippen LogP contribution >= 0.6 is 0 Å². The zero-order valence-corrected chi connectivity index (χ0v) is 14.3. The molecular formula is C20H23BO2. The first-order valence-electron chi connectivity index (χ1n) is 8.04. The van der Waals surface area contributed by atoms with Crippen molar-refractivity contribution >= 4 is 29.2 Å². The molecule has 3 aromatic rings. The van der Waals surface area contributed by atoms with Crippen LogP contribution in [0.4, 0.5) is 0 Å². The lowest BCUT2D eigenvalue weighted by Gasteiger charge is -2.32. The van der Waals surface area contributed by atoms with Crippen molar-refractivity contribution in [2.45, 2.75) is 38.9 Å². The van der Waals surface area contributed by atoms with Crippen LogP contribution in [0.5, 0.6) is 0 Å². The Morgan fingerprint density at radius 1 is 0.609 bits per heavy atom. The maximum atomic E-state index is 5.33. The zero-order chi connectivity index (χ0) is 16.5. The van der Waals surface area contributed by atoms with Crippen LogP contribution in [0.15, 0.2) is 60.7 Å². The topological polar surface area (TPSA) is 18.5 Å². The van der Waals surface area contributed by atoms with Crippen LogP contribution < -0.4 is 0 Å². The van der Waals surface area contributed by atoms with Crippen molar-refractivity contribution in [3.8, 4) is 0 Å². The highest BCUT2D eigenvalue weighted by Gasteiger charge is 2.44. The summed E-state index contributed by atoms with van der Waals surface area (Å²) < 4.78 is 10.7. The van der Waals surface area contributed by atoms with E-state index in [1.807, 2.05) is 27.7 Å². The van der Waals surface area contributed by atoms with Crippen molar-refractivity contribution in [3.05, 3.63) is 60.7 Å². The molecule has 4 rings (SSSR count). The highest BCUT2D eigenvalue weighted by atomic mass is 16.7. The summed E-state index contributed by atoms with van der Waals surface area (Å²) in [5.74, 6) is 0. The van der Waals surface area contributed by atoms with E-state index in [1.54, 1.807) is 0 Å². The molecule has 0 aliphatic carbocycles. The van der Waals surface area contributed by atoms with Gasteiger partial charge in [0.15, 0.2) is 0 Å². The number of rotatable bonds is 0. The second-order valence-electron chi connectivity index (χ2n) is 6.97. The van der Waals surface area contributed by atoms with Crippen LogP contribution in [-0.2, 0) is 9.31 Å². The van der Waals surface area contributed by atoms with E-state index in [-0.39, 0.29) is 11.2 Å². The Morgan fingerprint density at radius 3 is 1.13 bits per heavy atom. The fourth-order valence-electron chi connectivity index (χ4n) is 2.55. The third-order valence-corrected chi connectivity index (χ3v) is 4.90. The lowest BCUT2D eigenvalue weighted by atomic mass is 9.90. The van der Waals surface area contributed by atoms with Crippen LogP contribution in [0.2, 0.25) is 0 Å². The van der Waals surface area contributed by atoms with Crippen LogP contribution in [-0.4, -0.2) is 18.9 Å². The molecule has 0 bridgehead atoms. The molecule has 3 heteroatoms. The second kappa shape index (κ2) is 5.99. The molecule has 0 saturated carbocycles. The average molecular weight is 306 g/mol. The molecule has 2 nitrogen and oxygen atoms in total. The minimum Gasteiger partial charge on any atom is -0.406 e. The van der Waals surface area contributed by atoms with Gasteiger partial charge in [-0.15, -0.1) is 0 Å². The molecule has 1 aliphatic heterocycles. The minimum absolute atomic E-state index is 0.132. The first kappa shape index (κ1) is 16.0.